The summed E-state index contributed by atoms with van der Waals surface area (Å²) < 4.78 is 1.05. The number of rotatable bonds is 7. The van der Waals surface area contributed by atoms with Crippen LogP contribution in [-0.4, -0.2) is 18.5 Å². The van der Waals surface area contributed by atoms with E-state index in [0.29, 0.717) is 12.5 Å². The molecule has 0 spiro atoms. The van der Waals surface area contributed by atoms with Crippen LogP contribution in [0.5, 0.6) is 0 Å². The van der Waals surface area contributed by atoms with Crippen molar-refractivity contribution in [3.8, 4) is 0 Å². The minimum atomic E-state index is -0.00157. The lowest BCUT2D eigenvalue weighted by molar-refractivity contribution is -0.126. The van der Waals surface area contributed by atoms with Gasteiger partial charge in [0.25, 0.3) is 0 Å². The van der Waals surface area contributed by atoms with Crippen molar-refractivity contribution in [3.05, 3.63) is 34.3 Å². The largest absolute Gasteiger partial charge is 0.352 e. The molecule has 0 aliphatic heterocycles. The Morgan fingerprint density at radius 2 is 2.00 bits per heavy atom. The Bertz CT molecular complexity index is 440. The van der Waals surface area contributed by atoms with Crippen molar-refractivity contribution < 1.29 is 4.79 Å². The fourth-order valence-electron chi connectivity index (χ4n) is 2.22. The molecule has 21 heavy (non-hydrogen) atoms. The third kappa shape index (κ3) is 7.84. The summed E-state index contributed by atoms with van der Waals surface area (Å²) >= 11 is 3.47. The molecule has 0 saturated carbocycles. The molecule has 0 fully saturated rings. The molecule has 1 aromatic carbocycles. The van der Waals surface area contributed by atoms with Crippen molar-refractivity contribution >= 4 is 34.2 Å². The third-order valence-corrected chi connectivity index (χ3v) is 3.73. The summed E-state index contributed by atoms with van der Waals surface area (Å²) in [5, 5.41) is 2.99. The van der Waals surface area contributed by atoms with Crippen LogP contribution in [0.4, 0.5) is 0 Å². The molecule has 1 unspecified atom stereocenters. The zero-order valence-corrected chi connectivity index (χ0v) is 15.3. The molecule has 3 N–H and O–H groups in total. The first-order valence-electron chi connectivity index (χ1n) is 7.17. The molecule has 0 aliphatic rings. The number of carbonyl (C=O) groups excluding carboxylic acids is 1. The first-order chi connectivity index (χ1) is 9.42. The Morgan fingerprint density at radius 1 is 1.33 bits per heavy atom. The van der Waals surface area contributed by atoms with E-state index < -0.39 is 0 Å². The highest BCUT2D eigenvalue weighted by Crippen LogP contribution is 2.20. The third-order valence-electron chi connectivity index (χ3n) is 3.24. The fraction of sp³-hybridized carbons (Fsp3) is 0.562. The SMILES string of the molecule is CC(C)CC(Cc1cccc(Br)c1)C(=O)N[C@@H](C)CN.Cl. The lowest BCUT2D eigenvalue weighted by Crippen LogP contribution is -2.42. The van der Waals surface area contributed by atoms with Gasteiger partial charge in [-0.15, -0.1) is 12.4 Å². The predicted molar refractivity (Wildman–Crippen MR) is 94.7 cm³/mol. The average Bonchev–Trinajstić information content (AvgIpc) is 2.37. The number of amides is 1. The highest BCUT2D eigenvalue weighted by molar-refractivity contribution is 9.10. The van der Waals surface area contributed by atoms with E-state index in [1.54, 1.807) is 0 Å². The maximum atomic E-state index is 12.4. The van der Waals surface area contributed by atoms with Gasteiger partial charge in [0.05, 0.1) is 0 Å². The first kappa shape index (κ1) is 20.4. The van der Waals surface area contributed by atoms with Gasteiger partial charge in [-0.2, -0.15) is 0 Å². The Kier molecular flexibility index (Phi) is 9.92. The van der Waals surface area contributed by atoms with Crippen molar-refractivity contribution in [3.63, 3.8) is 0 Å². The van der Waals surface area contributed by atoms with Crippen LogP contribution in [0.1, 0.15) is 32.8 Å². The van der Waals surface area contributed by atoms with E-state index >= 15 is 0 Å². The van der Waals surface area contributed by atoms with Crippen LogP contribution in [0, 0.1) is 11.8 Å². The van der Waals surface area contributed by atoms with Gasteiger partial charge in [0, 0.05) is 23.0 Å². The van der Waals surface area contributed by atoms with E-state index in [-0.39, 0.29) is 30.3 Å². The van der Waals surface area contributed by atoms with Crippen molar-refractivity contribution in [1.82, 2.24) is 5.32 Å². The molecule has 0 bridgehead atoms. The van der Waals surface area contributed by atoms with E-state index in [1.807, 2.05) is 19.1 Å². The van der Waals surface area contributed by atoms with E-state index in [2.05, 4.69) is 47.2 Å². The molecule has 0 aromatic heterocycles. The summed E-state index contributed by atoms with van der Waals surface area (Å²) in [6.07, 6.45) is 1.65. The number of nitrogens with one attached hydrogen (secondary N) is 1. The van der Waals surface area contributed by atoms with Gasteiger partial charge in [-0.1, -0.05) is 41.9 Å². The molecule has 1 aromatic rings. The van der Waals surface area contributed by atoms with Gasteiger partial charge < -0.3 is 11.1 Å². The second-order valence-electron chi connectivity index (χ2n) is 5.81. The van der Waals surface area contributed by atoms with Crippen molar-refractivity contribution in [2.75, 3.05) is 6.54 Å². The predicted octanol–water partition coefficient (Wildman–Crippen LogP) is 3.54. The number of carbonyl (C=O) groups is 1. The molecule has 0 heterocycles. The van der Waals surface area contributed by atoms with Crippen molar-refractivity contribution in [1.29, 1.82) is 0 Å². The van der Waals surface area contributed by atoms with Gasteiger partial charge in [-0.3, -0.25) is 4.79 Å². The van der Waals surface area contributed by atoms with E-state index in [9.17, 15) is 4.79 Å². The molecule has 0 radical (unpaired) electrons. The minimum absolute atomic E-state index is 0. The maximum absolute atomic E-state index is 12.4. The zero-order chi connectivity index (χ0) is 15.1. The van der Waals surface area contributed by atoms with Crippen LogP contribution in [0.25, 0.3) is 0 Å². The van der Waals surface area contributed by atoms with Gasteiger partial charge in [0.1, 0.15) is 0 Å². The van der Waals surface area contributed by atoms with Gasteiger partial charge in [-0.25, -0.2) is 0 Å². The summed E-state index contributed by atoms with van der Waals surface area (Å²) in [5.41, 5.74) is 6.75. The Balaban J connectivity index is 0.00000400. The molecule has 1 rings (SSSR count). The van der Waals surface area contributed by atoms with E-state index in [4.69, 9.17) is 5.73 Å². The van der Waals surface area contributed by atoms with E-state index in [1.165, 1.54) is 5.56 Å². The molecule has 1 amide bonds. The fourth-order valence-corrected chi connectivity index (χ4v) is 2.67. The standard InChI is InChI=1S/C16H25BrN2O.ClH/c1-11(2)7-14(16(20)19-12(3)10-18)8-13-5-4-6-15(17)9-13;/h4-6,9,11-12,14H,7-8,10,18H2,1-3H3,(H,19,20);1H/t12-,14?;/m0./s1. The molecule has 3 nitrogen and oxygen atoms in total. The Morgan fingerprint density at radius 3 is 2.52 bits per heavy atom. The minimum Gasteiger partial charge on any atom is -0.352 e. The lowest BCUT2D eigenvalue weighted by atomic mass is 9.90. The second-order valence-corrected chi connectivity index (χ2v) is 6.72. The van der Waals surface area contributed by atoms with E-state index in [0.717, 1.165) is 17.3 Å². The highest BCUT2D eigenvalue weighted by atomic mass is 79.9. The molecule has 5 heteroatoms. The number of halogens is 2. The number of hydrogen-bond acceptors (Lipinski definition) is 2. The van der Waals surface area contributed by atoms with Crippen LogP contribution in [0.15, 0.2) is 28.7 Å². The van der Waals surface area contributed by atoms with Crippen LogP contribution >= 0.6 is 28.3 Å². The molecule has 0 aliphatic carbocycles. The first-order valence-corrected chi connectivity index (χ1v) is 7.96. The monoisotopic (exact) mass is 376 g/mol. The smallest absolute Gasteiger partial charge is 0.223 e. The zero-order valence-electron chi connectivity index (χ0n) is 12.9. The Labute approximate surface area is 142 Å². The van der Waals surface area contributed by atoms with Gasteiger partial charge in [0.15, 0.2) is 0 Å². The van der Waals surface area contributed by atoms with Crippen LogP contribution in [0.2, 0.25) is 0 Å². The van der Waals surface area contributed by atoms with Crippen molar-refractivity contribution in [2.45, 2.75) is 39.7 Å². The number of nitrogens with two attached hydrogens (primary N) is 1. The summed E-state index contributed by atoms with van der Waals surface area (Å²) in [4.78, 5) is 12.4. The molecule has 0 saturated heterocycles. The maximum Gasteiger partial charge on any atom is 0.223 e. The van der Waals surface area contributed by atoms with Gasteiger partial charge in [-0.05, 0) is 43.4 Å². The van der Waals surface area contributed by atoms with Crippen LogP contribution in [0.3, 0.4) is 0 Å². The molecular formula is C16H26BrClN2O. The lowest BCUT2D eigenvalue weighted by Gasteiger charge is -2.21. The molecule has 120 valence electrons. The number of benzene rings is 1. The summed E-state index contributed by atoms with van der Waals surface area (Å²) in [6.45, 7) is 6.70. The summed E-state index contributed by atoms with van der Waals surface area (Å²) in [5.74, 6) is 0.598. The van der Waals surface area contributed by atoms with Crippen LogP contribution in [-0.2, 0) is 11.2 Å². The van der Waals surface area contributed by atoms with Crippen LogP contribution < -0.4 is 11.1 Å². The number of hydrogen-bond donors (Lipinski definition) is 2. The summed E-state index contributed by atoms with van der Waals surface area (Å²) in [7, 11) is 0. The van der Waals surface area contributed by atoms with Gasteiger partial charge >= 0.3 is 0 Å². The quantitative estimate of drug-likeness (QED) is 0.763. The Hall–Kier alpha value is -0.580. The summed E-state index contributed by atoms with van der Waals surface area (Å²) in [6, 6.07) is 8.17. The van der Waals surface area contributed by atoms with Crippen molar-refractivity contribution in [2.24, 2.45) is 17.6 Å². The average molecular weight is 378 g/mol. The highest BCUT2D eigenvalue weighted by Gasteiger charge is 2.21. The molecular weight excluding hydrogens is 352 g/mol. The van der Waals surface area contributed by atoms with Gasteiger partial charge in [0.2, 0.25) is 5.91 Å². The second kappa shape index (κ2) is 10.2. The normalized spacial score (nSPS) is 13.4. The topological polar surface area (TPSA) is 55.1 Å². The molecule has 2 atom stereocenters.